The van der Waals surface area contributed by atoms with Gasteiger partial charge in [-0.3, -0.25) is 14.4 Å². The number of fused-ring (bicyclic) bond motifs is 3. The van der Waals surface area contributed by atoms with Crippen molar-refractivity contribution in [3.05, 3.63) is 83.9 Å². The zero-order chi connectivity index (χ0) is 22.7. The Morgan fingerprint density at radius 2 is 1.41 bits per heavy atom. The highest BCUT2D eigenvalue weighted by atomic mass is 16.5. The van der Waals surface area contributed by atoms with E-state index in [1.54, 1.807) is 30.3 Å². The Morgan fingerprint density at radius 1 is 0.781 bits per heavy atom. The van der Waals surface area contributed by atoms with Crippen molar-refractivity contribution >= 4 is 39.5 Å². The molecule has 0 radical (unpaired) electrons. The van der Waals surface area contributed by atoms with Crippen LogP contribution in [-0.4, -0.2) is 36.9 Å². The largest absolute Gasteiger partial charge is 0.468 e. The minimum atomic E-state index is -1.24. The van der Waals surface area contributed by atoms with Gasteiger partial charge in [0.1, 0.15) is 0 Å². The summed E-state index contributed by atoms with van der Waals surface area (Å²) in [4.78, 5) is 41.6. The van der Waals surface area contributed by atoms with Gasteiger partial charge in [-0.1, -0.05) is 60.7 Å². The predicted molar refractivity (Wildman–Crippen MR) is 121 cm³/mol. The molecule has 1 N–H and O–H groups in total. The summed E-state index contributed by atoms with van der Waals surface area (Å²) in [5, 5.41) is 2.11. The van der Waals surface area contributed by atoms with Gasteiger partial charge in [0.2, 0.25) is 0 Å². The first kappa shape index (κ1) is 21.3. The summed E-state index contributed by atoms with van der Waals surface area (Å²) in [5.74, 6) is -3.61. The number of ketones is 1. The van der Waals surface area contributed by atoms with Crippen LogP contribution in [0.3, 0.4) is 0 Å². The van der Waals surface area contributed by atoms with E-state index in [1.807, 2.05) is 42.5 Å². The van der Waals surface area contributed by atoms with E-state index in [1.165, 1.54) is 14.2 Å². The van der Waals surface area contributed by atoms with Crippen LogP contribution in [0.15, 0.2) is 72.8 Å². The number of hydrogen-bond acceptors (Lipinski definition) is 5. The molecule has 1 atom stereocenters. The summed E-state index contributed by atoms with van der Waals surface area (Å²) in [5.41, 5.74) is 3.03. The maximum atomic E-state index is 13.3. The molecule has 1 unspecified atom stereocenters. The number of Topliss-reactive ketones (excluding diaryl/α,β-unsaturated/α-hetero) is 1. The van der Waals surface area contributed by atoms with Crippen molar-refractivity contribution in [2.45, 2.75) is 12.3 Å². The maximum Gasteiger partial charge on any atom is 0.320 e. The molecule has 0 amide bonds. The lowest BCUT2D eigenvalue weighted by molar-refractivity contribution is -0.159. The molecule has 4 rings (SSSR count). The minimum absolute atomic E-state index is 0.0510. The van der Waals surface area contributed by atoms with Gasteiger partial charge in [0.25, 0.3) is 0 Å². The molecule has 6 heteroatoms. The fourth-order valence-electron chi connectivity index (χ4n) is 4.15. The first-order valence-corrected chi connectivity index (χ1v) is 10.3. The second kappa shape index (κ2) is 9.06. The van der Waals surface area contributed by atoms with E-state index in [-0.39, 0.29) is 12.2 Å². The van der Waals surface area contributed by atoms with Crippen LogP contribution in [0.4, 0.5) is 0 Å². The molecule has 0 saturated heterocycles. The number of hydrogen-bond donors (Lipinski definition) is 1. The molecule has 162 valence electrons. The van der Waals surface area contributed by atoms with Gasteiger partial charge >= 0.3 is 11.9 Å². The topological polar surface area (TPSA) is 85.5 Å². The zero-order valence-corrected chi connectivity index (χ0v) is 17.8. The first-order chi connectivity index (χ1) is 15.5. The molecule has 4 aromatic rings. The smallest absolute Gasteiger partial charge is 0.320 e. The molecule has 0 aliphatic rings. The average molecular weight is 429 g/mol. The van der Waals surface area contributed by atoms with Gasteiger partial charge in [-0.25, -0.2) is 0 Å². The molecule has 0 aliphatic carbocycles. The SMILES string of the molecule is COC(=O)C(C(=O)OC)C(CC(=O)c1ccc2c(c1)[nH]c1ccccc12)c1ccccc1. The van der Waals surface area contributed by atoms with Gasteiger partial charge in [0.05, 0.1) is 14.2 Å². The molecule has 32 heavy (non-hydrogen) atoms. The number of ether oxygens (including phenoxy) is 2. The van der Waals surface area contributed by atoms with E-state index in [9.17, 15) is 14.4 Å². The second-order valence-corrected chi connectivity index (χ2v) is 7.60. The van der Waals surface area contributed by atoms with Crippen molar-refractivity contribution in [3.63, 3.8) is 0 Å². The molecule has 1 heterocycles. The van der Waals surface area contributed by atoms with E-state index in [2.05, 4.69) is 4.98 Å². The number of methoxy groups -OCH3 is 2. The lowest BCUT2D eigenvalue weighted by atomic mass is 9.81. The summed E-state index contributed by atoms with van der Waals surface area (Å²) in [6.07, 6.45) is -0.0510. The maximum absolute atomic E-state index is 13.3. The fraction of sp³-hybridized carbons (Fsp3) is 0.192. The van der Waals surface area contributed by atoms with Crippen LogP contribution in [0, 0.1) is 5.92 Å². The summed E-state index contributed by atoms with van der Waals surface area (Å²) in [6.45, 7) is 0. The molecule has 0 bridgehead atoms. The zero-order valence-electron chi connectivity index (χ0n) is 17.8. The van der Waals surface area contributed by atoms with E-state index in [4.69, 9.17) is 9.47 Å². The lowest BCUT2D eigenvalue weighted by Gasteiger charge is -2.23. The van der Waals surface area contributed by atoms with Crippen molar-refractivity contribution in [2.24, 2.45) is 5.92 Å². The number of carbonyl (C=O) groups is 3. The Morgan fingerprint density at radius 3 is 2.09 bits per heavy atom. The van der Waals surface area contributed by atoms with Crippen LogP contribution in [0.25, 0.3) is 21.8 Å². The number of aromatic nitrogens is 1. The van der Waals surface area contributed by atoms with Crippen molar-refractivity contribution < 1.29 is 23.9 Å². The van der Waals surface area contributed by atoms with E-state index < -0.39 is 23.8 Å². The number of rotatable bonds is 7. The number of H-pyrrole nitrogens is 1. The highest BCUT2D eigenvalue weighted by Gasteiger charge is 2.39. The average Bonchev–Trinajstić information content (AvgIpc) is 3.21. The number of benzene rings is 3. The van der Waals surface area contributed by atoms with Gasteiger partial charge < -0.3 is 14.5 Å². The lowest BCUT2D eigenvalue weighted by Crippen LogP contribution is -2.33. The standard InChI is InChI=1S/C26H23NO5/c1-31-25(29)24(26(30)32-2)20(16-8-4-3-5-9-16)15-23(28)17-12-13-19-18-10-6-7-11-21(18)27-22(19)14-17/h3-14,20,24,27H,15H2,1-2H3. The van der Waals surface area contributed by atoms with E-state index in [0.717, 1.165) is 21.8 Å². The Balaban J connectivity index is 1.71. The van der Waals surface area contributed by atoms with Crippen molar-refractivity contribution in [2.75, 3.05) is 14.2 Å². The van der Waals surface area contributed by atoms with Gasteiger partial charge in [-0.05, 0) is 17.7 Å². The Bertz CT molecular complexity index is 1280. The van der Waals surface area contributed by atoms with Crippen molar-refractivity contribution in [1.82, 2.24) is 4.98 Å². The first-order valence-electron chi connectivity index (χ1n) is 10.3. The molecule has 6 nitrogen and oxygen atoms in total. The van der Waals surface area contributed by atoms with E-state index >= 15 is 0 Å². The third-order valence-corrected chi connectivity index (χ3v) is 5.77. The Labute approximate surface area is 185 Å². The van der Waals surface area contributed by atoms with Crippen molar-refractivity contribution in [1.29, 1.82) is 0 Å². The highest BCUT2D eigenvalue weighted by Crippen LogP contribution is 2.33. The Hall–Kier alpha value is -3.93. The number of para-hydroxylation sites is 1. The highest BCUT2D eigenvalue weighted by molar-refractivity contribution is 6.10. The molecule has 0 fully saturated rings. The molecule has 0 saturated carbocycles. The monoisotopic (exact) mass is 429 g/mol. The summed E-state index contributed by atoms with van der Waals surface area (Å²) in [7, 11) is 2.43. The minimum Gasteiger partial charge on any atom is -0.468 e. The molecule has 0 aliphatic heterocycles. The molecule has 0 spiro atoms. The normalized spacial score (nSPS) is 12.1. The molecular weight excluding hydrogens is 406 g/mol. The fourth-order valence-corrected chi connectivity index (χ4v) is 4.15. The van der Waals surface area contributed by atoms with Crippen LogP contribution in [0.1, 0.15) is 28.3 Å². The number of nitrogens with one attached hydrogen (secondary N) is 1. The van der Waals surface area contributed by atoms with E-state index in [0.29, 0.717) is 11.1 Å². The van der Waals surface area contributed by atoms with Gasteiger partial charge in [-0.15, -0.1) is 0 Å². The molecule has 1 aromatic heterocycles. The molecular formula is C26H23NO5. The number of carbonyl (C=O) groups excluding carboxylic acids is 3. The molecule has 3 aromatic carbocycles. The van der Waals surface area contributed by atoms with Crippen LogP contribution in [0.2, 0.25) is 0 Å². The summed E-state index contributed by atoms with van der Waals surface area (Å²) < 4.78 is 9.72. The number of aromatic amines is 1. The van der Waals surface area contributed by atoms with Gasteiger partial charge in [0.15, 0.2) is 11.7 Å². The third kappa shape index (κ3) is 3.99. The van der Waals surface area contributed by atoms with Gasteiger partial charge in [-0.2, -0.15) is 0 Å². The van der Waals surface area contributed by atoms with Crippen molar-refractivity contribution in [3.8, 4) is 0 Å². The third-order valence-electron chi connectivity index (χ3n) is 5.77. The quantitative estimate of drug-likeness (QED) is 0.263. The predicted octanol–water partition coefficient (Wildman–Crippen LogP) is 4.64. The van der Waals surface area contributed by atoms with Crippen LogP contribution in [-0.2, 0) is 19.1 Å². The Kier molecular flexibility index (Phi) is 6.03. The summed E-state index contributed by atoms with van der Waals surface area (Å²) in [6, 6.07) is 22.4. The van der Waals surface area contributed by atoms with Gasteiger partial charge in [0, 0.05) is 39.7 Å². The van der Waals surface area contributed by atoms with Crippen LogP contribution >= 0.6 is 0 Å². The summed E-state index contributed by atoms with van der Waals surface area (Å²) >= 11 is 0. The second-order valence-electron chi connectivity index (χ2n) is 7.60. The van der Waals surface area contributed by atoms with Crippen LogP contribution in [0.5, 0.6) is 0 Å². The number of esters is 2. The van der Waals surface area contributed by atoms with Crippen LogP contribution < -0.4 is 0 Å².